The number of ketones is 1. The van der Waals surface area contributed by atoms with Gasteiger partial charge in [-0.25, -0.2) is 9.97 Å². The molecule has 1 N–H and O–H groups in total. The molecule has 0 unspecified atom stereocenters. The van der Waals surface area contributed by atoms with E-state index in [2.05, 4.69) is 9.97 Å². The minimum absolute atomic E-state index is 0.0245. The molecule has 1 aliphatic rings. The van der Waals surface area contributed by atoms with E-state index in [1.54, 1.807) is 18.2 Å². The Labute approximate surface area is 182 Å². The average molecular weight is 442 g/mol. The smallest absolute Gasteiger partial charge is 0.416 e. The van der Waals surface area contributed by atoms with E-state index < -0.39 is 17.7 Å². The van der Waals surface area contributed by atoms with Gasteiger partial charge in [-0.3, -0.25) is 9.59 Å². The van der Waals surface area contributed by atoms with Crippen molar-refractivity contribution in [3.8, 4) is 11.3 Å². The van der Waals surface area contributed by atoms with Gasteiger partial charge in [-0.1, -0.05) is 12.1 Å². The molecule has 4 rings (SSSR count). The number of carbonyl (C=O) groups excluding carboxylic acids is 1. The molecule has 1 saturated carbocycles. The number of Topliss-reactive ketones (excluding diaryl/α,β-unsaturated/α-hetero) is 1. The Kier molecular flexibility index (Phi) is 5.95. The topological polar surface area (TPSA) is 80.1 Å². The predicted octanol–water partition coefficient (Wildman–Crippen LogP) is 5.71. The van der Waals surface area contributed by atoms with Crippen molar-refractivity contribution in [3.63, 3.8) is 0 Å². The van der Waals surface area contributed by atoms with E-state index >= 15 is 0 Å². The number of aryl methyl sites for hydroxylation is 1. The van der Waals surface area contributed by atoms with Gasteiger partial charge in [-0.2, -0.15) is 13.2 Å². The Balaban J connectivity index is 1.71. The van der Waals surface area contributed by atoms with E-state index in [9.17, 15) is 22.8 Å². The first-order chi connectivity index (χ1) is 15.2. The standard InChI is InChI=1S/C24H21F3N2O3/c25-24(26,27)17-10-7-14(8-11-17)22-19(3-1-2-4-21(30)31)28-20-13-16(9-12-18(20)29-22)23(32)15-5-6-15/h7-13,15H,1-6H2,(H,30,31). The number of aromatic nitrogens is 2. The van der Waals surface area contributed by atoms with Gasteiger partial charge in [-0.15, -0.1) is 0 Å². The highest BCUT2D eigenvalue weighted by Gasteiger charge is 2.31. The number of carboxylic acid groups (broad SMARTS) is 1. The van der Waals surface area contributed by atoms with Crippen LogP contribution in [0.4, 0.5) is 13.2 Å². The van der Waals surface area contributed by atoms with Crippen molar-refractivity contribution in [2.75, 3.05) is 0 Å². The van der Waals surface area contributed by atoms with Crippen LogP contribution in [0.25, 0.3) is 22.3 Å². The first-order valence-electron chi connectivity index (χ1n) is 10.5. The van der Waals surface area contributed by atoms with E-state index in [1.807, 2.05) is 0 Å². The second kappa shape index (κ2) is 8.68. The summed E-state index contributed by atoms with van der Waals surface area (Å²) in [6.07, 6.45) is -1.21. The zero-order valence-corrected chi connectivity index (χ0v) is 17.2. The largest absolute Gasteiger partial charge is 0.481 e. The maximum atomic E-state index is 12.9. The number of aliphatic carboxylic acids is 1. The lowest BCUT2D eigenvalue weighted by molar-refractivity contribution is -0.138. The van der Waals surface area contributed by atoms with Crippen LogP contribution in [0.15, 0.2) is 42.5 Å². The van der Waals surface area contributed by atoms with Gasteiger partial charge < -0.3 is 5.11 Å². The van der Waals surface area contributed by atoms with Crippen molar-refractivity contribution in [1.82, 2.24) is 9.97 Å². The van der Waals surface area contributed by atoms with Crippen LogP contribution in [0.1, 0.15) is 53.7 Å². The normalized spacial score (nSPS) is 14.0. The number of carboxylic acids is 1. The SMILES string of the molecule is O=C(O)CCCCc1nc2cc(C(=O)C3CC3)ccc2nc1-c1ccc(C(F)(F)F)cc1. The minimum atomic E-state index is -4.43. The summed E-state index contributed by atoms with van der Waals surface area (Å²) in [6, 6.07) is 9.87. The highest BCUT2D eigenvalue weighted by molar-refractivity contribution is 6.01. The molecule has 32 heavy (non-hydrogen) atoms. The molecule has 1 aliphatic carbocycles. The molecule has 2 aromatic carbocycles. The molecular formula is C24H21F3N2O3. The number of rotatable bonds is 8. The number of alkyl halides is 3. The second-order valence-electron chi connectivity index (χ2n) is 8.04. The molecule has 0 saturated heterocycles. The van der Waals surface area contributed by atoms with E-state index in [-0.39, 0.29) is 18.1 Å². The lowest BCUT2D eigenvalue weighted by Gasteiger charge is -2.12. The zero-order valence-electron chi connectivity index (χ0n) is 17.2. The number of hydrogen-bond donors (Lipinski definition) is 1. The molecule has 8 heteroatoms. The van der Waals surface area contributed by atoms with Crippen LogP contribution in [-0.2, 0) is 17.4 Å². The molecule has 1 fully saturated rings. The third-order valence-corrected chi connectivity index (χ3v) is 5.51. The van der Waals surface area contributed by atoms with Crippen molar-refractivity contribution in [1.29, 1.82) is 0 Å². The molecule has 1 heterocycles. The Morgan fingerprint density at radius 3 is 2.31 bits per heavy atom. The van der Waals surface area contributed by atoms with Gasteiger partial charge in [0.2, 0.25) is 0 Å². The molecule has 0 spiro atoms. The summed E-state index contributed by atoms with van der Waals surface area (Å²) in [5.74, 6) is -0.730. The van der Waals surface area contributed by atoms with Crippen LogP contribution in [0.3, 0.4) is 0 Å². The van der Waals surface area contributed by atoms with E-state index in [0.29, 0.717) is 52.8 Å². The predicted molar refractivity (Wildman–Crippen MR) is 112 cm³/mol. The third-order valence-electron chi connectivity index (χ3n) is 5.51. The molecule has 0 amide bonds. The number of carbonyl (C=O) groups is 2. The van der Waals surface area contributed by atoms with Gasteiger partial charge in [0, 0.05) is 23.5 Å². The lowest BCUT2D eigenvalue weighted by atomic mass is 10.0. The van der Waals surface area contributed by atoms with Crippen LogP contribution in [-0.4, -0.2) is 26.8 Å². The van der Waals surface area contributed by atoms with Crippen LogP contribution >= 0.6 is 0 Å². The second-order valence-corrected chi connectivity index (χ2v) is 8.04. The van der Waals surface area contributed by atoms with Crippen molar-refractivity contribution in [2.24, 2.45) is 5.92 Å². The third kappa shape index (κ3) is 4.95. The maximum Gasteiger partial charge on any atom is 0.416 e. The average Bonchev–Trinajstić information content (AvgIpc) is 3.60. The monoisotopic (exact) mass is 442 g/mol. The number of nitrogens with zero attached hydrogens (tertiary/aromatic N) is 2. The van der Waals surface area contributed by atoms with Crippen LogP contribution < -0.4 is 0 Å². The summed E-state index contributed by atoms with van der Waals surface area (Å²) in [6.45, 7) is 0. The van der Waals surface area contributed by atoms with Crippen LogP contribution in [0, 0.1) is 5.92 Å². The molecule has 3 aromatic rings. The molecule has 166 valence electrons. The Bertz CT molecular complexity index is 1170. The molecular weight excluding hydrogens is 421 g/mol. The molecule has 0 aliphatic heterocycles. The molecule has 5 nitrogen and oxygen atoms in total. The molecule has 0 bridgehead atoms. The fourth-order valence-corrected chi connectivity index (χ4v) is 3.62. The van der Waals surface area contributed by atoms with Crippen molar-refractivity contribution in [3.05, 3.63) is 59.3 Å². The fourth-order valence-electron chi connectivity index (χ4n) is 3.62. The summed E-state index contributed by atoms with van der Waals surface area (Å²) in [7, 11) is 0. The highest BCUT2D eigenvalue weighted by atomic mass is 19.4. The number of hydrogen-bond acceptors (Lipinski definition) is 4. The summed E-state index contributed by atoms with van der Waals surface area (Å²) in [5.41, 5.74) is 2.44. The molecule has 1 aromatic heterocycles. The Morgan fingerprint density at radius 2 is 1.69 bits per heavy atom. The number of fused-ring (bicyclic) bond motifs is 1. The first-order valence-corrected chi connectivity index (χ1v) is 10.5. The maximum absolute atomic E-state index is 12.9. The summed E-state index contributed by atoms with van der Waals surface area (Å²) in [4.78, 5) is 32.5. The van der Waals surface area contributed by atoms with Crippen LogP contribution in [0.2, 0.25) is 0 Å². The zero-order chi connectivity index (χ0) is 22.9. The molecule has 0 radical (unpaired) electrons. The van der Waals surface area contributed by atoms with E-state index in [0.717, 1.165) is 25.0 Å². The highest BCUT2D eigenvalue weighted by Crippen LogP contribution is 2.34. The van der Waals surface area contributed by atoms with E-state index in [4.69, 9.17) is 5.11 Å². The van der Waals surface area contributed by atoms with Gasteiger partial charge in [0.1, 0.15) is 0 Å². The van der Waals surface area contributed by atoms with Gasteiger partial charge in [0.15, 0.2) is 5.78 Å². The van der Waals surface area contributed by atoms with Crippen LogP contribution in [0.5, 0.6) is 0 Å². The minimum Gasteiger partial charge on any atom is -0.481 e. The molecule has 0 atom stereocenters. The quantitative estimate of drug-likeness (QED) is 0.357. The number of unbranched alkanes of at least 4 members (excludes halogenated alkanes) is 1. The van der Waals surface area contributed by atoms with Crippen molar-refractivity contribution < 1.29 is 27.9 Å². The van der Waals surface area contributed by atoms with Gasteiger partial charge >= 0.3 is 12.1 Å². The van der Waals surface area contributed by atoms with E-state index in [1.165, 1.54) is 12.1 Å². The summed E-state index contributed by atoms with van der Waals surface area (Å²) < 4.78 is 38.8. The van der Waals surface area contributed by atoms with Crippen molar-refractivity contribution in [2.45, 2.75) is 44.7 Å². The summed E-state index contributed by atoms with van der Waals surface area (Å²) in [5, 5.41) is 8.86. The fraction of sp³-hybridized carbons (Fsp3) is 0.333. The number of benzene rings is 2. The summed E-state index contributed by atoms with van der Waals surface area (Å²) >= 11 is 0. The van der Waals surface area contributed by atoms with Gasteiger partial charge in [0.05, 0.1) is 28.0 Å². The lowest BCUT2D eigenvalue weighted by Crippen LogP contribution is -2.05. The van der Waals surface area contributed by atoms with Gasteiger partial charge in [-0.05, 0) is 62.4 Å². The Hall–Kier alpha value is -3.29. The van der Waals surface area contributed by atoms with Crippen molar-refractivity contribution >= 4 is 22.8 Å². The first kappa shape index (κ1) is 21.9. The van der Waals surface area contributed by atoms with Gasteiger partial charge in [0.25, 0.3) is 0 Å². The number of halogens is 3. The Morgan fingerprint density at radius 1 is 0.969 bits per heavy atom.